The maximum absolute atomic E-state index is 9.77. The Kier molecular flexibility index (Phi) is 4.15. The lowest BCUT2D eigenvalue weighted by atomic mass is 9.89. The van der Waals surface area contributed by atoms with Crippen LogP contribution in [-0.4, -0.2) is 21.4 Å². The smallest absolute Gasteiger partial charge is 0.229 e. The van der Waals surface area contributed by atoms with E-state index < -0.39 is 6.10 Å². The van der Waals surface area contributed by atoms with Gasteiger partial charge in [0, 0.05) is 5.92 Å². The molecule has 1 heterocycles. The van der Waals surface area contributed by atoms with E-state index in [0.29, 0.717) is 18.2 Å². The first kappa shape index (κ1) is 12.6. The first-order valence-electron chi connectivity index (χ1n) is 6.67. The van der Waals surface area contributed by atoms with Crippen LogP contribution in [0.25, 0.3) is 0 Å². The van der Waals surface area contributed by atoms with Crippen LogP contribution in [0.3, 0.4) is 0 Å². The first-order chi connectivity index (χ1) is 8.16. The lowest BCUT2D eigenvalue weighted by Gasteiger charge is -2.17. The Morgan fingerprint density at radius 3 is 2.65 bits per heavy atom. The van der Waals surface area contributed by atoms with Gasteiger partial charge in [-0.15, -0.1) is 0 Å². The number of aliphatic hydroxyl groups excluding tert-OH is 1. The van der Waals surface area contributed by atoms with Gasteiger partial charge in [-0.05, 0) is 18.8 Å². The predicted molar refractivity (Wildman–Crippen MR) is 64.7 cm³/mol. The molecule has 96 valence electrons. The third-order valence-electron chi connectivity index (χ3n) is 3.61. The minimum Gasteiger partial charge on any atom is -0.392 e. The summed E-state index contributed by atoms with van der Waals surface area (Å²) in [5, 5.41) is 13.8. The largest absolute Gasteiger partial charge is 0.392 e. The van der Waals surface area contributed by atoms with Crippen molar-refractivity contribution in [1.82, 2.24) is 10.1 Å². The standard InChI is InChI=1S/C13H22N2O2/c1-9(2)11(16)8-12-14-13(15-17-12)10-6-4-3-5-7-10/h9-11,16H,3-8H2,1-2H3. The van der Waals surface area contributed by atoms with Gasteiger partial charge >= 0.3 is 0 Å². The van der Waals surface area contributed by atoms with E-state index >= 15 is 0 Å². The van der Waals surface area contributed by atoms with Crippen molar-refractivity contribution in [2.75, 3.05) is 0 Å². The zero-order valence-electron chi connectivity index (χ0n) is 10.7. The highest BCUT2D eigenvalue weighted by molar-refractivity contribution is 4.97. The zero-order valence-corrected chi connectivity index (χ0v) is 10.7. The molecule has 0 amide bonds. The molecule has 1 atom stereocenters. The van der Waals surface area contributed by atoms with Gasteiger partial charge < -0.3 is 9.63 Å². The van der Waals surface area contributed by atoms with Gasteiger partial charge in [-0.2, -0.15) is 4.98 Å². The van der Waals surface area contributed by atoms with Crippen LogP contribution in [0.1, 0.15) is 63.6 Å². The Morgan fingerprint density at radius 2 is 2.00 bits per heavy atom. The quantitative estimate of drug-likeness (QED) is 0.876. The summed E-state index contributed by atoms with van der Waals surface area (Å²) in [6.45, 7) is 3.98. The van der Waals surface area contributed by atoms with Crippen LogP contribution in [0.4, 0.5) is 0 Å². The van der Waals surface area contributed by atoms with Gasteiger partial charge in [-0.3, -0.25) is 0 Å². The van der Waals surface area contributed by atoms with E-state index in [1.54, 1.807) is 0 Å². The number of aliphatic hydroxyl groups is 1. The second kappa shape index (κ2) is 5.63. The van der Waals surface area contributed by atoms with Crippen molar-refractivity contribution in [1.29, 1.82) is 0 Å². The molecule has 0 aromatic carbocycles. The highest BCUT2D eigenvalue weighted by Gasteiger charge is 2.22. The summed E-state index contributed by atoms with van der Waals surface area (Å²) in [6, 6.07) is 0. The summed E-state index contributed by atoms with van der Waals surface area (Å²) >= 11 is 0. The van der Waals surface area contributed by atoms with Crippen molar-refractivity contribution in [3.63, 3.8) is 0 Å². The SMILES string of the molecule is CC(C)C(O)Cc1nc(C2CCCCC2)no1. The van der Waals surface area contributed by atoms with Gasteiger partial charge in [0.1, 0.15) is 0 Å². The number of hydrogen-bond acceptors (Lipinski definition) is 4. The Balaban J connectivity index is 1.95. The van der Waals surface area contributed by atoms with Gasteiger partial charge in [-0.1, -0.05) is 38.3 Å². The monoisotopic (exact) mass is 238 g/mol. The fourth-order valence-corrected chi connectivity index (χ4v) is 2.29. The molecule has 0 spiro atoms. The summed E-state index contributed by atoms with van der Waals surface area (Å²) in [6.07, 6.45) is 6.28. The van der Waals surface area contributed by atoms with Crippen LogP contribution >= 0.6 is 0 Å². The Labute approximate surface area is 102 Å². The second-order valence-electron chi connectivity index (χ2n) is 5.40. The second-order valence-corrected chi connectivity index (χ2v) is 5.40. The van der Waals surface area contributed by atoms with E-state index in [1.165, 1.54) is 32.1 Å². The first-order valence-corrected chi connectivity index (χ1v) is 6.67. The molecule has 0 aliphatic heterocycles. The van der Waals surface area contributed by atoms with E-state index in [0.717, 1.165) is 5.82 Å². The van der Waals surface area contributed by atoms with Gasteiger partial charge in [0.15, 0.2) is 5.82 Å². The highest BCUT2D eigenvalue weighted by atomic mass is 16.5. The van der Waals surface area contributed by atoms with E-state index in [2.05, 4.69) is 10.1 Å². The summed E-state index contributed by atoms with van der Waals surface area (Å²) in [4.78, 5) is 4.42. The number of hydrogen-bond donors (Lipinski definition) is 1. The Hall–Kier alpha value is -0.900. The van der Waals surface area contributed by atoms with Crippen LogP contribution in [0.5, 0.6) is 0 Å². The molecule has 1 aliphatic rings. The molecule has 1 aromatic heterocycles. The van der Waals surface area contributed by atoms with Crippen molar-refractivity contribution in [3.8, 4) is 0 Å². The summed E-state index contributed by atoms with van der Waals surface area (Å²) < 4.78 is 5.22. The summed E-state index contributed by atoms with van der Waals surface area (Å²) in [5.74, 6) is 2.11. The lowest BCUT2D eigenvalue weighted by molar-refractivity contribution is 0.116. The highest BCUT2D eigenvalue weighted by Crippen LogP contribution is 2.30. The van der Waals surface area contributed by atoms with Gasteiger partial charge in [-0.25, -0.2) is 0 Å². The van der Waals surface area contributed by atoms with Crippen LogP contribution in [-0.2, 0) is 6.42 Å². The Bertz CT molecular complexity index is 343. The van der Waals surface area contributed by atoms with Crippen molar-refractivity contribution in [2.24, 2.45) is 5.92 Å². The average molecular weight is 238 g/mol. The molecular formula is C13H22N2O2. The average Bonchev–Trinajstić information content (AvgIpc) is 2.78. The van der Waals surface area contributed by atoms with Crippen molar-refractivity contribution < 1.29 is 9.63 Å². The fraction of sp³-hybridized carbons (Fsp3) is 0.846. The molecule has 17 heavy (non-hydrogen) atoms. The molecule has 0 saturated heterocycles. The Morgan fingerprint density at radius 1 is 1.29 bits per heavy atom. The maximum atomic E-state index is 9.77. The van der Waals surface area contributed by atoms with Gasteiger partial charge in [0.2, 0.25) is 5.89 Å². The molecule has 2 rings (SSSR count). The molecule has 4 heteroatoms. The van der Waals surface area contributed by atoms with E-state index in [-0.39, 0.29) is 5.92 Å². The maximum Gasteiger partial charge on any atom is 0.229 e. The van der Waals surface area contributed by atoms with Gasteiger partial charge in [0.05, 0.1) is 12.5 Å². The van der Waals surface area contributed by atoms with Crippen LogP contribution in [0.15, 0.2) is 4.52 Å². The van der Waals surface area contributed by atoms with Crippen LogP contribution < -0.4 is 0 Å². The van der Waals surface area contributed by atoms with Crippen LogP contribution in [0.2, 0.25) is 0 Å². The molecule has 1 aliphatic carbocycles. The topological polar surface area (TPSA) is 59.2 Å². The molecule has 1 unspecified atom stereocenters. The zero-order chi connectivity index (χ0) is 12.3. The normalized spacial score (nSPS) is 19.8. The number of rotatable bonds is 4. The fourth-order valence-electron chi connectivity index (χ4n) is 2.29. The molecule has 1 fully saturated rings. The van der Waals surface area contributed by atoms with Crippen molar-refractivity contribution in [3.05, 3.63) is 11.7 Å². The number of aromatic nitrogens is 2. The molecule has 1 saturated carbocycles. The van der Waals surface area contributed by atoms with E-state index in [9.17, 15) is 5.11 Å². The van der Waals surface area contributed by atoms with E-state index in [4.69, 9.17) is 4.52 Å². The van der Waals surface area contributed by atoms with Crippen molar-refractivity contribution in [2.45, 2.75) is 64.4 Å². The molecular weight excluding hydrogens is 216 g/mol. The molecule has 4 nitrogen and oxygen atoms in total. The van der Waals surface area contributed by atoms with Crippen molar-refractivity contribution >= 4 is 0 Å². The lowest BCUT2D eigenvalue weighted by Crippen LogP contribution is -2.17. The third kappa shape index (κ3) is 3.28. The summed E-state index contributed by atoms with van der Waals surface area (Å²) in [5.41, 5.74) is 0. The summed E-state index contributed by atoms with van der Waals surface area (Å²) in [7, 11) is 0. The third-order valence-corrected chi connectivity index (χ3v) is 3.61. The molecule has 0 bridgehead atoms. The minimum atomic E-state index is -0.394. The molecule has 0 radical (unpaired) electrons. The minimum absolute atomic E-state index is 0.222. The number of nitrogens with zero attached hydrogens (tertiary/aromatic N) is 2. The molecule has 1 N–H and O–H groups in total. The predicted octanol–water partition coefficient (Wildman–Crippen LogP) is 2.68. The van der Waals surface area contributed by atoms with E-state index in [1.807, 2.05) is 13.8 Å². The molecule has 1 aromatic rings. The van der Waals surface area contributed by atoms with Gasteiger partial charge in [0.25, 0.3) is 0 Å². The van der Waals surface area contributed by atoms with Crippen LogP contribution in [0, 0.1) is 5.92 Å².